The number of benzene rings is 1. The molecule has 0 spiro atoms. The molecule has 11 heteroatoms. The van der Waals surface area contributed by atoms with Gasteiger partial charge in [0, 0.05) is 40.5 Å². The van der Waals surface area contributed by atoms with Gasteiger partial charge in [-0.2, -0.15) is 5.10 Å². The first-order valence-corrected chi connectivity index (χ1v) is 11.0. The molecule has 0 unspecified atom stereocenters. The van der Waals surface area contributed by atoms with Crippen molar-refractivity contribution >= 4 is 38.6 Å². The van der Waals surface area contributed by atoms with Gasteiger partial charge in [0.2, 0.25) is 15.9 Å². The lowest BCUT2D eigenvalue weighted by atomic mass is 10.2. The average molecular weight is 436 g/mol. The first-order chi connectivity index (χ1) is 14.1. The van der Waals surface area contributed by atoms with Gasteiger partial charge < -0.3 is 9.30 Å². The highest BCUT2D eigenvalue weighted by atomic mass is 32.2. The fourth-order valence-corrected chi connectivity index (χ4v) is 4.07. The van der Waals surface area contributed by atoms with Crippen LogP contribution in [0.3, 0.4) is 0 Å². The number of aromatic nitrogens is 2. The number of amides is 1. The lowest BCUT2D eigenvalue weighted by Gasteiger charge is -2.18. The van der Waals surface area contributed by atoms with E-state index in [1.54, 1.807) is 12.1 Å². The zero-order valence-corrected chi connectivity index (χ0v) is 18.3. The maximum Gasteiger partial charge on any atom is 0.354 e. The van der Waals surface area contributed by atoms with Crippen LogP contribution in [0.15, 0.2) is 28.2 Å². The molecule has 2 heterocycles. The van der Waals surface area contributed by atoms with Gasteiger partial charge in [-0.25, -0.2) is 27.5 Å². The number of nitrogens with zero attached hydrogens (tertiary/aromatic N) is 5. The summed E-state index contributed by atoms with van der Waals surface area (Å²) in [5.74, 6) is -0.236. The standard InChI is InChI=1S/C19H25N5O5S/c1-5-10-24-16-8-6-13(30(27,28)22(2)3)11-15(16)20-17(24)12-29-19(26)14-7-9-18(25)23(4)21-14/h6,8,11H,5,7,9-10,12H2,1-4H3. The van der Waals surface area contributed by atoms with E-state index in [1.165, 1.54) is 27.2 Å². The van der Waals surface area contributed by atoms with Crippen molar-refractivity contribution in [3.8, 4) is 0 Å². The van der Waals surface area contributed by atoms with Gasteiger partial charge in [-0.3, -0.25) is 4.79 Å². The smallest absolute Gasteiger partial charge is 0.354 e. The minimum Gasteiger partial charge on any atom is -0.453 e. The quantitative estimate of drug-likeness (QED) is 0.607. The molecule has 1 aliphatic heterocycles. The zero-order valence-electron chi connectivity index (χ0n) is 17.5. The summed E-state index contributed by atoms with van der Waals surface area (Å²) in [6, 6.07) is 4.78. The molecule has 1 aliphatic rings. The van der Waals surface area contributed by atoms with E-state index in [2.05, 4.69) is 10.1 Å². The van der Waals surface area contributed by atoms with Crippen molar-refractivity contribution in [1.82, 2.24) is 18.9 Å². The van der Waals surface area contributed by atoms with E-state index in [1.807, 2.05) is 11.5 Å². The Morgan fingerprint density at radius 3 is 2.63 bits per heavy atom. The van der Waals surface area contributed by atoms with Crippen molar-refractivity contribution in [2.24, 2.45) is 5.10 Å². The third kappa shape index (κ3) is 4.21. The number of ether oxygens (including phenoxy) is 1. The van der Waals surface area contributed by atoms with Gasteiger partial charge >= 0.3 is 5.97 Å². The molecule has 162 valence electrons. The number of hydrogen-bond acceptors (Lipinski definition) is 7. The SMILES string of the molecule is CCCn1c(COC(=O)C2=NN(C)C(=O)CC2)nc2cc(S(=O)(=O)N(C)C)ccc21. The normalized spacial score (nSPS) is 15.0. The highest BCUT2D eigenvalue weighted by Crippen LogP contribution is 2.23. The second-order valence-electron chi connectivity index (χ2n) is 7.16. The third-order valence-electron chi connectivity index (χ3n) is 4.80. The minimum absolute atomic E-state index is 0.0834. The first kappa shape index (κ1) is 21.9. The molecular weight excluding hydrogens is 410 g/mol. The van der Waals surface area contributed by atoms with Gasteiger partial charge in [0.05, 0.1) is 15.9 Å². The number of esters is 1. The Kier molecular flexibility index (Phi) is 6.22. The lowest BCUT2D eigenvalue weighted by Crippen LogP contribution is -2.32. The van der Waals surface area contributed by atoms with Crippen LogP contribution >= 0.6 is 0 Å². The Labute approximate surface area is 175 Å². The molecule has 0 N–H and O–H groups in total. The van der Waals surface area contributed by atoms with E-state index in [-0.39, 0.29) is 36.0 Å². The van der Waals surface area contributed by atoms with Crippen molar-refractivity contribution in [3.05, 3.63) is 24.0 Å². The maximum absolute atomic E-state index is 12.4. The van der Waals surface area contributed by atoms with Gasteiger partial charge in [0.1, 0.15) is 18.1 Å². The molecule has 0 saturated heterocycles. The molecule has 1 aromatic carbocycles. The lowest BCUT2D eigenvalue weighted by molar-refractivity contribution is -0.137. The molecule has 0 radical (unpaired) electrons. The van der Waals surface area contributed by atoms with Crippen LogP contribution in [-0.4, -0.2) is 66.0 Å². The Hall–Kier alpha value is -2.79. The number of carbonyl (C=O) groups excluding carboxylic acids is 2. The van der Waals surface area contributed by atoms with Gasteiger partial charge in [0.25, 0.3) is 0 Å². The number of hydrazone groups is 1. The van der Waals surface area contributed by atoms with E-state index in [9.17, 15) is 18.0 Å². The predicted octanol–water partition coefficient (Wildman–Crippen LogP) is 1.35. The first-order valence-electron chi connectivity index (χ1n) is 9.58. The molecule has 1 amide bonds. The summed E-state index contributed by atoms with van der Waals surface area (Å²) in [6.45, 7) is 2.57. The molecule has 0 fully saturated rings. The summed E-state index contributed by atoms with van der Waals surface area (Å²) in [5, 5.41) is 5.10. The van der Waals surface area contributed by atoms with Crippen LogP contribution in [0.5, 0.6) is 0 Å². The van der Waals surface area contributed by atoms with Crippen LogP contribution in [-0.2, 0) is 37.5 Å². The van der Waals surface area contributed by atoms with Gasteiger partial charge in [-0.15, -0.1) is 0 Å². The second kappa shape index (κ2) is 8.52. The summed E-state index contributed by atoms with van der Waals surface area (Å²) in [5.41, 5.74) is 1.47. The fraction of sp³-hybridized carbons (Fsp3) is 0.474. The van der Waals surface area contributed by atoms with Gasteiger partial charge in [0.15, 0.2) is 0 Å². The summed E-state index contributed by atoms with van der Waals surface area (Å²) >= 11 is 0. The molecule has 30 heavy (non-hydrogen) atoms. The second-order valence-corrected chi connectivity index (χ2v) is 9.31. The van der Waals surface area contributed by atoms with E-state index in [4.69, 9.17) is 4.74 Å². The summed E-state index contributed by atoms with van der Waals surface area (Å²) in [6.07, 6.45) is 1.27. The Bertz CT molecular complexity index is 1120. The summed E-state index contributed by atoms with van der Waals surface area (Å²) in [4.78, 5) is 28.5. The predicted molar refractivity (Wildman–Crippen MR) is 110 cm³/mol. The summed E-state index contributed by atoms with van der Waals surface area (Å²) < 4.78 is 33.3. The maximum atomic E-state index is 12.4. The van der Waals surface area contributed by atoms with Crippen molar-refractivity contribution in [2.75, 3.05) is 21.1 Å². The molecule has 2 aromatic rings. The molecule has 0 atom stereocenters. The van der Waals surface area contributed by atoms with Crippen molar-refractivity contribution in [3.63, 3.8) is 0 Å². The Morgan fingerprint density at radius 2 is 2.00 bits per heavy atom. The highest BCUT2D eigenvalue weighted by Gasteiger charge is 2.24. The van der Waals surface area contributed by atoms with Gasteiger partial charge in [-0.05, 0) is 24.6 Å². The molecule has 3 rings (SSSR count). The van der Waals surface area contributed by atoms with Crippen LogP contribution in [0.25, 0.3) is 11.0 Å². The van der Waals surface area contributed by atoms with Crippen molar-refractivity contribution in [2.45, 2.75) is 44.2 Å². The largest absolute Gasteiger partial charge is 0.453 e. The van der Waals surface area contributed by atoms with Crippen molar-refractivity contribution < 1.29 is 22.7 Å². The fourth-order valence-electron chi connectivity index (χ4n) is 3.14. The van der Waals surface area contributed by atoms with Crippen LogP contribution in [0, 0.1) is 0 Å². The molecule has 0 bridgehead atoms. The third-order valence-corrected chi connectivity index (χ3v) is 6.61. The van der Waals surface area contributed by atoms with E-state index in [0.29, 0.717) is 17.9 Å². The monoisotopic (exact) mass is 435 g/mol. The molecule has 0 aliphatic carbocycles. The van der Waals surface area contributed by atoms with Crippen LogP contribution < -0.4 is 0 Å². The number of aryl methyl sites for hydroxylation is 1. The van der Waals surface area contributed by atoms with Crippen molar-refractivity contribution in [1.29, 1.82) is 0 Å². The Balaban J connectivity index is 1.88. The topological polar surface area (TPSA) is 114 Å². The Morgan fingerprint density at radius 1 is 1.27 bits per heavy atom. The number of imidazole rings is 1. The molecular formula is C19H25N5O5S. The van der Waals surface area contributed by atoms with E-state index in [0.717, 1.165) is 21.3 Å². The molecule has 10 nitrogen and oxygen atoms in total. The van der Waals surface area contributed by atoms with Gasteiger partial charge in [-0.1, -0.05) is 6.92 Å². The zero-order chi connectivity index (χ0) is 22.1. The number of fused-ring (bicyclic) bond motifs is 1. The van der Waals surface area contributed by atoms with E-state index >= 15 is 0 Å². The number of hydrogen-bond donors (Lipinski definition) is 0. The number of rotatable bonds is 7. The van der Waals surface area contributed by atoms with E-state index < -0.39 is 16.0 Å². The van der Waals surface area contributed by atoms with Crippen LogP contribution in [0.2, 0.25) is 0 Å². The number of sulfonamides is 1. The minimum atomic E-state index is -3.58. The number of carbonyl (C=O) groups is 2. The molecule has 1 aromatic heterocycles. The molecule has 0 saturated carbocycles. The average Bonchev–Trinajstić information content (AvgIpc) is 3.05. The highest BCUT2D eigenvalue weighted by molar-refractivity contribution is 7.89. The van der Waals surface area contributed by atoms with Crippen LogP contribution in [0.4, 0.5) is 0 Å². The van der Waals surface area contributed by atoms with Crippen LogP contribution in [0.1, 0.15) is 32.0 Å². The summed E-state index contributed by atoms with van der Waals surface area (Å²) in [7, 11) is 0.854.